The molecule has 0 aliphatic rings. The summed E-state index contributed by atoms with van der Waals surface area (Å²) < 4.78 is 0. The third-order valence-corrected chi connectivity index (χ3v) is 1.76. The zero-order valence-electron chi connectivity index (χ0n) is 7.20. The molecule has 0 saturated heterocycles. The lowest BCUT2D eigenvalue weighted by atomic mass is 10.1. The highest BCUT2D eigenvalue weighted by atomic mass is 16.3. The molecule has 0 spiro atoms. The van der Waals surface area contributed by atoms with Gasteiger partial charge in [-0.2, -0.15) is 0 Å². The van der Waals surface area contributed by atoms with E-state index in [2.05, 4.69) is 4.98 Å². The maximum absolute atomic E-state index is 9.49. The number of aromatic nitrogens is 1. The molecule has 0 aliphatic carbocycles. The lowest BCUT2D eigenvalue weighted by molar-refractivity contribution is 0.170. The zero-order valence-corrected chi connectivity index (χ0v) is 7.20. The van der Waals surface area contributed by atoms with Crippen LogP contribution in [0, 0.1) is 6.92 Å². The molecule has 0 amide bonds. The van der Waals surface area contributed by atoms with E-state index in [1.807, 2.05) is 19.1 Å². The molecule has 0 saturated carbocycles. The summed E-state index contributed by atoms with van der Waals surface area (Å²) in [5, 5.41) is 9.49. The normalized spacial score (nSPS) is 12.9. The summed E-state index contributed by atoms with van der Waals surface area (Å²) in [6.45, 7) is 2.41. The van der Waals surface area contributed by atoms with Gasteiger partial charge in [0.1, 0.15) is 0 Å². The molecule has 1 rings (SSSR count). The highest BCUT2D eigenvalue weighted by molar-refractivity contribution is 5.15. The average molecular weight is 166 g/mol. The summed E-state index contributed by atoms with van der Waals surface area (Å²) in [7, 11) is 0. The summed E-state index contributed by atoms with van der Waals surface area (Å²) in [5.74, 6) is 0. The molecule has 1 aromatic heterocycles. The molecule has 1 atom stereocenters. The second kappa shape index (κ2) is 4.18. The van der Waals surface area contributed by atoms with E-state index in [1.54, 1.807) is 6.20 Å². The van der Waals surface area contributed by atoms with Crippen LogP contribution >= 0.6 is 0 Å². The molecule has 0 radical (unpaired) electrons. The fourth-order valence-electron chi connectivity index (χ4n) is 1.00. The van der Waals surface area contributed by atoms with Crippen molar-refractivity contribution in [2.75, 3.05) is 6.54 Å². The molecule has 3 nitrogen and oxygen atoms in total. The molecule has 0 aliphatic heterocycles. The first-order valence-electron chi connectivity index (χ1n) is 4.04. The number of pyridine rings is 1. The van der Waals surface area contributed by atoms with Gasteiger partial charge < -0.3 is 10.8 Å². The Kier molecular flexibility index (Phi) is 3.19. The monoisotopic (exact) mass is 166 g/mol. The van der Waals surface area contributed by atoms with Crippen LogP contribution in [-0.4, -0.2) is 16.6 Å². The molecule has 0 aromatic carbocycles. The van der Waals surface area contributed by atoms with Crippen molar-refractivity contribution in [1.82, 2.24) is 4.98 Å². The van der Waals surface area contributed by atoms with E-state index in [9.17, 15) is 5.11 Å². The van der Waals surface area contributed by atoms with Gasteiger partial charge in [-0.3, -0.25) is 4.98 Å². The van der Waals surface area contributed by atoms with Crippen LogP contribution in [0.4, 0.5) is 0 Å². The number of rotatable bonds is 3. The fourth-order valence-corrected chi connectivity index (χ4v) is 1.00. The van der Waals surface area contributed by atoms with Crippen LogP contribution in [0.1, 0.15) is 23.8 Å². The lowest BCUT2D eigenvalue weighted by Crippen LogP contribution is -2.06. The van der Waals surface area contributed by atoms with Gasteiger partial charge in [-0.25, -0.2) is 0 Å². The topological polar surface area (TPSA) is 59.1 Å². The Hall–Kier alpha value is -0.930. The number of nitrogens with zero attached hydrogens (tertiary/aromatic N) is 1. The second-order valence-electron chi connectivity index (χ2n) is 2.83. The SMILES string of the molecule is Cc1ccc(C(O)CCN)cn1. The van der Waals surface area contributed by atoms with Crippen LogP contribution in [0.25, 0.3) is 0 Å². The summed E-state index contributed by atoms with van der Waals surface area (Å²) in [5.41, 5.74) is 7.11. The van der Waals surface area contributed by atoms with E-state index < -0.39 is 6.10 Å². The first kappa shape index (κ1) is 9.16. The van der Waals surface area contributed by atoms with Crippen molar-refractivity contribution in [3.05, 3.63) is 29.6 Å². The van der Waals surface area contributed by atoms with Gasteiger partial charge >= 0.3 is 0 Å². The smallest absolute Gasteiger partial charge is 0.0816 e. The highest BCUT2D eigenvalue weighted by Crippen LogP contribution is 2.14. The fraction of sp³-hybridized carbons (Fsp3) is 0.444. The lowest BCUT2D eigenvalue weighted by Gasteiger charge is -2.08. The minimum Gasteiger partial charge on any atom is -0.388 e. The van der Waals surface area contributed by atoms with Gasteiger partial charge in [0, 0.05) is 11.9 Å². The van der Waals surface area contributed by atoms with Gasteiger partial charge in [0.15, 0.2) is 0 Å². The number of hydrogen-bond donors (Lipinski definition) is 2. The number of aliphatic hydroxyl groups excluding tert-OH is 1. The van der Waals surface area contributed by atoms with Crippen molar-refractivity contribution in [1.29, 1.82) is 0 Å². The average Bonchev–Trinajstić information content (AvgIpc) is 2.06. The Balaban J connectivity index is 2.68. The quantitative estimate of drug-likeness (QED) is 0.697. The first-order valence-corrected chi connectivity index (χ1v) is 4.04. The molecule has 1 unspecified atom stereocenters. The van der Waals surface area contributed by atoms with E-state index in [0.717, 1.165) is 11.3 Å². The molecule has 12 heavy (non-hydrogen) atoms. The van der Waals surface area contributed by atoms with Crippen molar-refractivity contribution in [2.45, 2.75) is 19.4 Å². The largest absolute Gasteiger partial charge is 0.388 e. The predicted molar refractivity (Wildman–Crippen MR) is 47.6 cm³/mol. The van der Waals surface area contributed by atoms with Crippen molar-refractivity contribution >= 4 is 0 Å². The van der Waals surface area contributed by atoms with E-state index in [1.165, 1.54) is 0 Å². The molecule has 3 N–H and O–H groups in total. The van der Waals surface area contributed by atoms with Gasteiger partial charge in [0.25, 0.3) is 0 Å². The minimum atomic E-state index is -0.469. The Bertz CT molecular complexity index is 233. The predicted octanol–water partition coefficient (Wildman–Crippen LogP) is 0.772. The Morgan fingerprint density at radius 1 is 1.58 bits per heavy atom. The number of nitrogens with two attached hydrogens (primary N) is 1. The van der Waals surface area contributed by atoms with Crippen molar-refractivity contribution < 1.29 is 5.11 Å². The van der Waals surface area contributed by atoms with Gasteiger partial charge in [0.05, 0.1) is 6.10 Å². The highest BCUT2D eigenvalue weighted by Gasteiger charge is 2.05. The number of aliphatic hydroxyl groups is 1. The van der Waals surface area contributed by atoms with Crippen molar-refractivity contribution in [3.8, 4) is 0 Å². The molecule has 1 aromatic rings. The summed E-state index contributed by atoms with van der Waals surface area (Å²) >= 11 is 0. The van der Waals surface area contributed by atoms with Gasteiger partial charge in [-0.15, -0.1) is 0 Å². The van der Waals surface area contributed by atoms with E-state index >= 15 is 0 Å². The van der Waals surface area contributed by atoms with Crippen LogP contribution in [0.3, 0.4) is 0 Å². The van der Waals surface area contributed by atoms with Crippen LogP contribution in [0.2, 0.25) is 0 Å². The molecule has 3 heteroatoms. The molecular formula is C9H14N2O. The molecule has 66 valence electrons. The van der Waals surface area contributed by atoms with Gasteiger partial charge in [-0.1, -0.05) is 6.07 Å². The van der Waals surface area contributed by atoms with Crippen LogP contribution in [-0.2, 0) is 0 Å². The van der Waals surface area contributed by atoms with Gasteiger partial charge in [-0.05, 0) is 31.5 Å². The van der Waals surface area contributed by atoms with Crippen LogP contribution in [0.5, 0.6) is 0 Å². The second-order valence-corrected chi connectivity index (χ2v) is 2.83. The van der Waals surface area contributed by atoms with Crippen molar-refractivity contribution in [3.63, 3.8) is 0 Å². The molecule has 1 heterocycles. The third kappa shape index (κ3) is 2.29. The Morgan fingerprint density at radius 2 is 2.33 bits per heavy atom. The number of aryl methyl sites for hydroxylation is 1. The van der Waals surface area contributed by atoms with E-state index in [4.69, 9.17) is 5.73 Å². The molecule has 0 bridgehead atoms. The van der Waals surface area contributed by atoms with Crippen LogP contribution < -0.4 is 5.73 Å². The molecule has 0 fully saturated rings. The Morgan fingerprint density at radius 3 is 2.83 bits per heavy atom. The zero-order chi connectivity index (χ0) is 8.97. The Labute approximate surface area is 72.2 Å². The summed E-state index contributed by atoms with van der Waals surface area (Å²) in [6.07, 6.45) is 1.81. The van der Waals surface area contributed by atoms with E-state index in [-0.39, 0.29) is 0 Å². The van der Waals surface area contributed by atoms with Crippen LogP contribution in [0.15, 0.2) is 18.3 Å². The van der Waals surface area contributed by atoms with Gasteiger partial charge in [0.2, 0.25) is 0 Å². The maximum atomic E-state index is 9.49. The summed E-state index contributed by atoms with van der Waals surface area (Å²) in [4.78, 5) is 4.08. The number of hydrogen-bond acceptors (Lipinski definition) is 3. The molecular weight excluding hydrogens is 152 g/mol. The standard InChI is InChI=1S/C9H14N2O/c1-7-2-3-8(6-11-7)9(12)4-5-10/h2-3,6,9,12H,4-5,10H2,1H3. The minimum absolute atomic E-state index is 0.469. The summed E-state index contributed by atoms with van der Waals surface area (Å²) in [6, 6.07) is 3.76. The van der Waals surface area contributed by atoms with E-state index in [0.29, 0.717) is 13.0 Å². The third-order valence-electron chi connectivity index (χ3n) is 1.76. The maximum Gasteiger partial charge on any atom is 0.0816 e. The first-order chi connectivity index (χ1) is 5.74. The van der Waals surface area contributed by atoms with Crippen molar-refractivity contribution in [2.24, 2.45) is 5.73 Å².